The van der Waals surface area contributed by atoms with Gasteiger partial charge in [-0.15, -0.1) is 0 Å². The van der Waals surface area contributed by atoms with E-state index in [0.29, 0.717) is 34.7 Å². The summed E-state index contributed by atoms with van der Waals surface area (Å²) < 4.78 is 42.1. The van der Waals surface area contributed by atoms with Crippen LogP contribution in [0.15, 0.2) is 42.9 Å². The number of rotatable bonds is 5. The summed E-state index contributed by atoms with van der Waals surface area (Å²) in [4.78, 5) is 34.4. The second-order valence-corrected chi connectivity index (χ2v) is 10.8. The number of nitrogens with two attached hydrogens (primary N) is 1. The Morgan fingerprint density at radius 3 is 2.60 bits per heavy atom. The first-order valence-corrected chi connectivity index (χ1v) is 13.7. The number of carbonyl (C=O) groups is 1. The van der Waals surface area contributed by atoms with E-state index in [4.69, 9.17) is 5.73 Å². The van der Waals surface area contributed by atoms with Gasteiger partial charge in [0.05, 0.1) is 34.3 Å². The average molecular weight is 589 g/mol. The number of pyridine rings is 2. The fourth-order valence-electron chi connectivity index (χ4n) is 4.98. The topological polar surface area (TPSA) is 113 Å². The second-order valence-electron chi connectivity index (χ2n) is 10.8. The third kappa shape index (κ3) is 6.74. The van der Waals surface area contributed by atoms with Gasteiger partial charge >= 0.3 is 6.18 Å². The molecule has 1 saturated heterocycles. The molecule has 3 aromatic heterocycles. The van der Waals surface area contributed by atoms with Crippen LogP contribution >= 0.6 is 0 Å². The standard InChI is InChI=1S/C31H31F3N8O/c1-18-19(2)39-28-25(29(35)37-15-27(28)38-18)8-5-20-11-22(14-36-13-20)30(43)40-23-7-6-21(26(12-23)31(32,33)34)16-42-10-9-24(17-42)41(3)4/h6-7,11-15,24H,9-10,16-17H2,1-4H3,(H2,35,37)(H,40,43)/t24-/m1/s1. The van der Waals surface area contributed by atoms with Gasteiger partial charge < -0.3 is 16.0 Å². The van der Waals surface area contributed by atoms with E-state index in [1.165, 1.54) is 36.8 Å². The van der Waals surface area contributed by atoms with Crippen LogP contribution in [0.25, 0.3) is 11.0 Å². The molecule has 1 atom stereocenters. The lowest BCUT2D eigenvalue weighted by molar-refractivity contribution is -0.138. The first kappa shape index (κ1) is 29.9. The Kier molecular flexibility index (Phi) is 8.30. The van der Waals surface area contributed by atoms with Crippen molar-refractivity contribution in [1.82, 2.24) is 29.7 Å². The van der Waals surface area contributed by atoms with Crippen LogP contribution in [0.5, 0.6) is 0 Å². The smallest absolute Gasteiger partial charge is 0.383 e. The number of carbonyl (C=O) groups excluding carboxylic acids is 1. The molecule has 0 saturated carbocycles. The predicted molar refractivity (Wildman–Crippen MR) is 158 cm³/mol. The van der Waals surface area contributed by atoms with Crippen molar-refractivity contribution in [2.45, 2.75) is 39.0 Å². The Balaban J connectivity index is 1.36. The van der Waals surface area contributed by atoms with Crippen molar-refractivity contribution in [3.05, 3.63) is 82.1 Å². The van der Waals surface area contributed by atoms with E-state index in [2.05, 4.69) is 42.0 Å². The Morgan fingerprint density at radius 1 is 1.12 bits per heavy atom. The fraction of sp³-hybridized carbons (Fsp3) is 0.323. The van der Waals surface area contributed by atoms with Crippen LogP contribution in [-0.2, 0) is 12.7 Å². The van der Waals surface area contributed by atoms with Gasteiger partial charge in [-0.2, -0.15) is 13.2 Å². The van der Waals surface area contributed by atoms with Gasteiger partial charge in [0, 0.05) is 49.3 Å². The highest BCUT2D eigenvalue weighted by Crippen LogP contribution is 2.35. The minimum Gasteiger partial charge on any atom is -0.383 e. The number of fused-ring (bicyclic) bond motifs is 1. The lowest BCUT2D eigenvalue weighted by Gasteiger charge is -2.22. The van der Waals surface area contributed by atoms with Crippen molar-refractivity contribution in [3.8, 4) is 11.8 Å². The SMILES string of the molecule is Cc1nc2cnc(N)c(C#Cc3cncc(C(=O)Nc4ccc(CN5CC[C@@H](N(C)C)C5)c(C(F)(F)F)c4)c3)c2nc1C. The molecule has 0 bridgehead atoms. The summed E-state index contributed by atoms with van der Waals surface area (Å²) in [6, 6.07) is 5.70. The zero-order chi connectivity index (χ0) is 30.9. The number of amides is 1. The zero-order valence-electron chi connectivity index (χ0n) is 24.3. The molecular weight excluding hydrogens is 557 g/mol. The first-order valence-electron chi connectivity index (χ1n) is 13.7. The maximum atomic E-state index is 14.0. The number of nitrogen functional groups attached to an aromatic ring is 1. The number of anilines is 2. The Hall–Kier alpha value is -4.60. The Morgan fingerprint density at radius 2 is 1.88 bits per heavy atom. The molecular formula is C31H31F3N8O. The van der Waals surface area contributed by atoms with E-state index in [-0.39, 0.29) is 29.2 Å². The summed E-state index contributed by atoms with van der Waals surface area (Å²) in [5.74, 6) is 5.46. The molecule has 1 fully saturated rings. The summed E-state index contributed by atoms with van der Waals surface area (Å²) in [6.07, 6.45) is 0.647. The van der Waals surface area contributed by atoms with E-state index in [1.54, 1.807) is 0 Å². The van der Waals surface area contributed by atoms with Crippen molar-refractivity contribution in [2.75, 3.05) is 38.2 Å². The summed E-state index contributed by atoms with van der Waals surface area (Å²) >= 11 is 0. The lowest BCUT2D eigenvalue weighted by Crippen LogP contribution is -2.31. The van der Waals surface area contributed by atoms with Crippen molar-refractivity contribution in [1.29, 1.82) is 0 Å². The molecule has 0 unspecified atom stereocenters. The third-order valence-corrected chi connectivity index (χ3v) is 7.53. The molecule has 12 heteroatoms. The fourth-order valence-corrected chi connectivity index (χ4v) is 4.98. The normalized spacial score (nSPS) is 15.5. The van der Waals surface area contributed by atoms with Gasteiger partial charge in [-0.05, 0) is 58.1 Å². The van der Waals surface area contributed by atoms with E-state index >= 15 is 0 Å². The van der Waals surface area contributed by atoms with Crippen LogP contribution in [-0.4, -0.2) is 68.9 Å². The van der Waals surface area contributed by atoms with Crippen molar-refractivity contribution in [3.63, 3.8) is 0 Å². The molecule has 43 heavy (non-hydrogen) atoms. The highest BCUT2D eigenvalue weighted by atomic mass is 19.4. The van der Waals surface area contributed by atoms with Crippen LogP contribution in [0.4, 0.5) is 24.7 Å². The molecule has 9 nitrogen and oxygen atoms in total. The van der Waals surface area contributed by atoms with E-state index in [9.17, 15) is 18.0 Å². The lowest BCUT2D eigenvalue weighted by atomic mass is 10.0. The molecule has 0 aliphatic carbocycles. The number of likely N-dealkylation sites (tertiary alicyclic amines) is 1. The molecule has 0 radical (unpaired) electrons. The molecule has 1 aromatic carbocycles. The molecule has 1 amide bonds. The summed E-state index contributed by atoms with van der Waals surface area (Å²) in [7, 11) is 3.94. The van der Waals surface area contributed by atoms with E-state index in [1.807, 2.05) is 32.8 Å². The Labute approximate surface area is 247 Å². The highest BCUT2D eigenvalue weighted by molar-refractivity contribution is 6.04. The second kappa shape index (κ2) is 11.9. The summed E-state index contributed by atoms with van der Waals surface area (Å²) in [6.45, 7) is 5.28. The largest absolute Gasteiger partial charge is 0.416 e. The maximum Gasteiger partial charge on any atom is 0.416 e. The van der Waals surface area contributed by atoms with Gasteiger partial charge in [0.2, 0.25) is 0 Å². The van der Waals surface area contributed by atoms with E-state index in [0.717, 1.165) is 30.4 Å². The van der Waals surface area contributed by atoms with Gasteiger partial charge in [0.15, 0.2) is 0 Å². The number of alkyl halides is 3. The van der Waals surface area contributed by atoms with Crippen LogP contribution in [0.3, 0.4) is 0 Å². The van der Waals surface area contributed by atoms with Gasteiger partial charge in [-0.1, -0.05) is 17.9 Å². The average Bonchev–Trinajstić information content (AvgIpc) is 3.43. The number of hydrogen-bond donors (Lipinski definition) is 2. The van der Waals surface area contributed by atoms with Crippen LogP contribution in [0.2, 0.25) is 0 Å². The molecule has 0 spiro atoms. The predicted octanol–water partition coefficient (Wildman–Crippen LogP) is 4.43. The number of nitrogens with zero attached hydrogens (tertiary/aromatic N) is 6. The van der Waals surface area contributed by atoms with E-state index < -0.39 is 17.6 Å². The van der Waals surface area contributed by atoms with Crippen LogP contribution in [0.1, 0.15) is 50.4 Å². The maximum absolute atomic E-state index is 14.0. The number of halogens is 3. The summed E-state index contributed by atoms with van der Waals surface area (Å²) in [5, 5.41) is 2.56. The molecule has 222 valence electrons. The minimum atomic E-state index is -4.58. The van der Waals surface area contributed by atoms with Gasteiger partial charge in [-0.25, -0.2) is 15.0 Å². The minimum absolute atomic E-state index is 0.0315. The monoisotopic (exact) mass is 588 g/mol. The van der Waals surface area contributed by atoms with Gasteiger partial charge in [0.1, 0.15) is 16.9 Å². The number of aryl methyl sites for hydroxylation is 2. The number of hydrogen-bond acceptors (Lipinski definition) is 8. The highest BCUT2D eigenvalue weighted by Gasteiger charge is 2.35. The molecule has 5 rings (SSSR count). The number of nitrogens with one attached hydrogen (secondary N) is 1. The third-order valence-electron chi connectivity index (χ3n) is 7.53. The molecule has 1 aliphatic heterocycles. The molecule has 4 aromatic rings. The molecule has 3 N–H and O–H groups in total. The molecule has 4 heterocycles. The quantitative estimate of drug-likeness (QED) is 0.330. The van der Waals surface area contributed by atoms with Crippen molar-refractivity contribution < 1.29 is 18.0 Å². The summed E-state index contributed by atoms with van der Waals surface area (Å²) in [5.41, 5.74) is 8.99. The van der Waals surface area contributed by atoms with Gasteiger partial charge in [0.25, 0.3) is 5.91 Å². The number of likely N-dealkylation sites (N-methyl/N-ethyl adjacent to an activating group) is 1. The first-order chi connectivity index (χ1) is 20.4. The van der Waals surface area contributed by atoms with Crippen molar-refractivity contribution >= 4 is 28.4 Å². The Bertz CT molecular complexity index is 1760. The molecule has 1 aliphatic rings. The van der Waals surface area contributed by atoms with Crippen LogP contribution < -0.4 is 11.1 Å². The van der Waals surface area contributed by atoms with Crippen LogP contribution in [0, 0.1) is 25.7 Å². The van der Waals surface area contributed by atoms with Crippen molar-refractivity contribution in [2.24, 2.45) is 0 Å². The zero-order valence-corrected chi connectivity index (χ0v) is 24.3. The van der Waals surface area contributed by atoms with Gasteiger partial charge in [-0.3, -0.25) is 14.7 Å². The number of benzene rings is 1. The number of aromatic nitrogens is 4.